The van der Waals surface area contributed by atoms with E-state index < -0.39 is 17.6 Å². The minimum absolute atomic E-state index is 0.0576. The van der Waals surface area contributed by atoms with Crippen molar-refractivity contribution in [1.29, 1.82) is 0 Å². The number of aliphatic hydroxyl groups excluding tert-OH is 1. The number of anilines is 1. The van der Waals surface area contributed by atoms with Crippen LogP contribution in [0.1, 0.15) is 27.8 Å². The Bertz CT molecular complexity index is 889. The van der Waals surface area contributed by atoms with Crippen LogP contribution in [-0.4, -0.2) is 16.9 Å². The number of benzene rings is 2. The van der Waals surface area contributed by atoms with E-state index in [1.54, 1.807) is 18.2 Å². The second-order valence-corrected chi connectivity index (χ2v) is 6.31. The van der Waals surface area contributed by atoms with Gasteiger partial charge >= 0.3 is 5.91 Å². The molecule has 1 heterocycles. The Balaban J connectivity index is 2.09. The van der Waals surface area contributed by atoms with Crippen molar-refractivity contribution in [3.63, 3.8) is 0 Å². The first kappa shape index (κ1) is 16.0. The van der Waals surface area contributed by atoms with Gasteiger partial charge in [0, 0.05) is 0 Å². The van der Waals surface area contributed by atoms with E-state index in [1.807, 2.05) is 45.9 Å². The predicted molar refractivity (Wildman–Crippen MR) is 93.9 cm³/mol. The molecule has 2 amide bonds. The standard InChI is InChI=1S/C20H19NO3/c1-11-7-12(2)9-16(8-11)21-19(23)17(18(22)20(21)24)15-6-5-13(3)14(4)10-15/h5-10,22H,1-4H3. The minimum atomic E-state index is -0.682. The molecule has 0 saturated heterocycles. The summed E-state index contributed by atoms with van der Waals surface area (Å²) in [5.41, 5.74) is 5.07. The normalized spacial score (nSPS) is 14.8. The van der Waals surface area contributed by atoms with Crippen molar-refractivity contribution in [3.8, 4) is 0 Å². The van der Waals surface area contributed by atoms with Crippen LogP contribution in [0.3, 0.4) is 0 Å². The molecule has 2 aromatic rings. The number of hydrogen-bond acceptors (Lipinski definition) is 3. The molecule has 1 aliphatic heterocycles. The molecule has 2 aromatic carbocycles. The maximum absolute atomic E-state index is 12.8. The van der Waals surface area contributed by atoms with Crippen molar-refractivity contribution in [1.82, 2.24) is 0 Å². The summed E-state index contributed by atoms with van der Waals surface area (Å²) in [7, 11) is 0. The average Bonchev–Trinajstić information content (AvgIpc) is 2.71. The van der Waals surface area contributed by atoms with Gasteiger partial charge < -0.3 is 5.11 Å². The second-order valence-electron chi connectivity index (χ2n) is 6.31. The molecule has 0 atom stereocenters. The summed E-state index contributed by atoms with van der Waals surface area (Å²) in [6.07, 6.45) is 0. The van der Waals surface area contributed by atoms with Gasteiger partial charge in [0.2, 0.25) is 0 Å². The molecule has 24 heavy (non-hydrogen) atoms. The summed E-state index contributed by atoms with van der Waals surface area (Å²) in [5, 5.41) is 10.3. The van der Waals surface area contributed by atoms with Gasteiger partial charge in [0.25, 0.3) is 5.91 Å². The van der Waals surface area contributed by atoms with Gasteiger partial charge in [-0.1, -0.05) is 24.3 Å². The zero-order valence-corrected chi connectivity index (χ0v) is 14.2. The van der Waals surface area contributed by atoms with E-state index in [2.05, 4.69) is 0 Å². The van der Waals surface area contributed by atoms with Gasteiger partial charge in [0.15, 0.2) is 5.76 Å². The first-order valence-corrected chi connectivity index (χ1v) is 7.77. The number of hydrogen-bond donors (Lipinski definition) is 1. The number of aryl methyl sites for hydroxylation is 4. The summed E-state index contributed by atoms with van der Waals surface area (Å²) in [4.78, 5) is 26.3. The van der Waals surface area contributed by atoms with Crippen LogP contribution in [0.2, 0.25) is 0 Å². The molecule has 0 radical (unpaired) electrons. The third-order valence-corrected chi connectivity index (χ3v) is 4.32. The fraction of sp³-hybridized carbons (Fsp3) is 0.200. The Morgan fingerprint density at radius 3 is 2.00 bits per heavy atom. The molecule has 0 aliphatic carbocycles. The summed E-state index contributed by atoms with van der Waals surface area (Å²) in [6, 6.07) is 10.9. The van der Waals surface area contributed by atoms with E-state index in [-0.39, 0.29) is 5.57 Å². The highest BCUT2D eigenvalue weighted by molar-refractivity contribution is 6.44. The molecule has 0 saturated carbocycles. The topological polar surface area (TPSA) is 57.6 Å². The van der Waals surface area contributed by atoms with Crippen molar-refractivity contribution < 1.29 is 14.7 Å². The van der Waals surface area contributed by atoms with Crippen LogP contribution in [0.15, 0.2) is 42.2 Å². The predicted octanol–water partition coefficient (Wildman–Crippen LogP) is 3.76. The molecule has 4 heteroatoms. The maximum Gasteiger partial charge on any atom is 0.301 e. The average molecular weight is 321 g/mol. The van der Waals surface area contributed by atoms with Crippen molar-refractivity contribution in [2.75, 3.05) is 4.90 Å². The molecular formula is C20H19NO3. The van der Waals surface area contributed by atoms with Crippen LogP contribution in [0.5, 0.6) is 0 Å². The van der Waals surface area contributed by atoms with E-state index >= 15 is 0 Å². The van der Waals surface area contributed by atoms with Crippen LogP contribution < -0.4 is 4.90 Å². The molecule has 0 bridgehead atoms. The lowest BCUT2D eigenvalue weighted by Crippen LogP contribution is -2.31. The lowest BCUT2D eigenvalue weighted by atomic mass is 10.00. The van der Waals surface area contributed by atoms with Crippen LogP contribution in [0.4, 0.5) is 5.69 Å². The smallest absolute Gasteiger partial charge is 0.301 e. The molecule has 0 spiro atoms. The number of imide groups is 1. The van der Waals surface area contributed by atoms with Crippen LogP contribution >= 0.6 is 0 Å². The second kappa shape index (κ2) is 5.64. The van der Waals surface area contributed by atoms with Crippen molar-refractivity contribution >= 4 is 23.1 Å². The molecule has 1 aliphatic rings. The highest BCUT2D eigenvalue weighted by Gasteiger charge is 2.40. The Morgan fingerprint density at radius 2 is 1.42 bits per heavy atom. The van der Waals surface area contributed by atoms with E-state index in [0.29, 0.717) is 11.3 Å². The zero-order valence-electron chi connectivity index (χ0n) is 14.2. The van der Waals surface area contributed by atoms with E-state index in [1.165, 1.54) is 0 Å². The van der Waals surface area contributed by atoms with Crippen LogP contribution in [0, 0.1) is 27.7 Å². The van der Waals surface area contributed by atoms with Crippen molar-refractivity contribution in [2.24, 2.45) is 0 Å². The number of rotatable bonds is 2. The molecule has 0 aromatic heterocycles. The van der Waals surface area contributed by atoms with Crippen LogP contribution in [-0.2, 0) is 9.59 Å². The van der Waals surface area contributed by atoms with E-state index in [0.717, 1.165) is 27.2 Å². The first-order valence-electron chi connectivity index (χ1n) is 7.77. The van der Waals surface area contributed by atoms with Gasteiger partial charge in [-0.15, -0.1) is 0 Å². The number of nitrogens with zero attached hydrogens (tertiary/aromatic N) is 1. The minimum Gasteiger partial charge on any atom is -0.502 e. The Labute approximate surface area is 141 Å². The molecular weight excluding hydrogens is 302 g/mol. The first-order chi connectivity index (χ1) is 11.3. The fourth-order valence-corrected chi connectivity index (χ4v) is 2.99. The fourth-order valence-electron chi connectivity index (χ4n) is 2.99. The van der Waals surface area contributed by atoms with E-state index in [9.17, 15) is 14.7 Å². The van der Waals surface area contributed by atoms with Gasteiger partial charge in [0.1, 0.15) is 0 Å². The zero-order chi connectivity index (χ0) is 17.6. The Hall–Kier alpha value is -2.88. The van der Waals surface area contributed by atoms with Gasteiger partial charge in [-0.25, -0.2) is 4.90 Å². The monoisotopic (exact) mass is 321 g/mol. The SMILES string of the molecule is Cc1cc(C)cc(N2C(=O)C(O)=C(c3ccc(C)c(C)c3)C2=O)c1. The van der Waals surface area contributed by atoms with Crippen molar-refractivity contribution in [3.05, 3.63) is 70.0 Å². The Kier molecular flexibility index (Phi) is 3.76. The number of amides is 2. The molecule has 1 N–H and O–H groups in total. The van der Waals surface area contributed by atoms with Crippen molar-refractivity contribution in [2.45, 2.75) is 27.7 Å². The van der Waals surface area contributed by atoms with E-state index in [4.69, 9.17) is 0 Å². The maximum atomic E-state index is 12.8. The van der Waals surface area contributed by atoms with Gasteiger partial charge in [-0.3, -0.25) is 9.59 Å². The third kappa shape index (κ3) is 2.50. The largest absolute Gasteiger partial charge is 0.502 e. The molecule has 4 nitrogen and oxygen atoms in total. The highest BCUT2D eigenvalue weighted by Crippen LogP contribution is 2.33. The number of aliphatic hydroxyl groups is 1. The summed E-state index contributed by atoms with van der Waals surface area (Å²) in [5.74, 6) is -1.67. The molecule has 122 valence electrons. The molecule has 0 fully saturated rings. The van der Waals surface area contributed by atoms with Gasteiger partial charge in [0.05, 0.1) is 11.3 Å². The number of carbonyl (C=O) groups is 2. The highest BCUT2D eigenvalue weighted by atomic mass is 16.3. The summed E-state index contributed by atoms with van der Waals surface area (Å²) >= 11 is 0. The lowest BCUT2D eigenvalue weighted by Gasteiger charge is -2.16. The quantitative estimate of drug-likeness (QED) is 0.857. The summed E-state index contributed by atoms with van der Waals surface area (Å²) in [6.45, 7) is 7.70. The van der Waals surface area contributed by atoms with Gasteiger partial charge in [-0.05, 0) is 67.6 Å². The summed E-state index contributed by atoms with van der Waals surface area (Å²) < 4.78 is 0. The van der Waals surface area contributed by atoms with Gasteiger partial charge in [-0.2, -0.15) is 0 Å². The third-order valence-electron chi connectivity index (χ3n) is 4.32. The number of carbonyl (C=O) groups excluding carboxylic acids is 2. The van der Waals surface area contributed by atoms with Crippen LogP contribution in [0.25, 0.3) is 5.57 Å². The lowest BCUT2D eigenvalue weighted by molar-refractivity contribution is -0.121. The molecule has 0 unspecified atom stereocenters. The Morgan fingerprint density at radius 1 is 0.792 bits per heavy atom. The molecule has 3 rings (SSSR count).